The van der Waals surface area contributed by atoms with Crippen molar-refractivity contribution in [2.75, 3.05) is 57.1 Å². The molecule has 2 fully saturated rings. The Labute approximate surface area is 256 Å². The fourth-order valence-electron chi connectivity index (χ4n) is 6.40. The van der Waals surface area contributed by atoms with Crippen LogP contribution < -0.4 is 9.80 Å². The molecule has 0 N–H and O–H groups in total. The minimum absolute atomic E-state index is 0.0756. The maximum atomic E-state index is 17.0. The number of carbonyl (C=O) groups is 1. The Balaban J connectivity index is 1.55. The van der Waals surface area contributed by atoms with Gasteiger partial charge in [0.15, 0.2) is 5.82 Å². The number of nitrogens with zero attached hydrogens (tertiary/aromatic N) is 8. The van der Waals surface area contributed by atoms with Crippen molar-refractivity contribution in [2.24, 2.45) is 7.05 Å². The van der Waals surface area contributed by atoms with Gasteiger partial charge in [-0.25, -0.2) is 9.37 Å². The summed E-state index contributed by atoms with van der Waals surface area (Å²) in [5.41, 5.74) is 2.96. The van der Waals surface area contributed by atoms with Gasteiger partial charge < -0.3 is 19.2 Å². The quantitative estimate of drug-likeness (QED) is 0.241. The number of carbonyl (C=O) groups excluding carboxylic acids is 1. The van der Waals surface area contributed by atoms with Crippen LogP contribution in [0, 0.1) is 12.7 Å². The van der Waals surface area contributed by atoms with Crippen LogP contribution in [0.3, 0.4) is 0 Å². The fourth-order valence-corrected chi connectivity index (χ4v) is 6.68. The topological polar surface area (TPSA) is 70.4 Å². The van der Waals surface area contributed by atoms with E-state index in [4.69, 9.17) is 21.6 Å². The van der Waals surface area contributed by atoms with Gasteiger partial charge in [-0.15, -0.1) is 0 Å². The smallest absolute Gasteiger partial charge is 0.246 e. The van der Waals surface area contributed by atoms with Gasteiger partial charge in [0.25, 0.3) is 0 Å². The number of halogens is 2. The third-order valence-electron chi connectivity index (χ3n) is 9.17. The summed E-state index contributed by atoms with van der Waals surface area (Å²) in [4.78, 5) is 28.6. The van der Waals surface area contributed by atoms with Gasteiger partial charge in [0, 0.05) is 54.1 Å². The van der Waals surface area contributed by atoms with Crippen LogP contribution in [-0.2, 0) is 11.8 Å². The first-order valence-electron chi connectivity index (χ1n) is 14.7. The van der Waals surface area contributed by atoms with E-state index >= 15 is 4.39 Å². The molecule has 6 rings (SSSR count). The molecule has 0 saturated carbocycles. The molecule has 2 aromatic heterocycles. The maximum Gasteiger partial charge on any atom is 0.246 e. The van der Waals surface area contributed by atoms with Gasteiger partial charge in [-0.05, 0) is 38.5 Å². The van der Waals surface area contributed by atoms with Crippen molar-refractivity contribution in [1.29, 1.82) is 0 Å². The zero-order valence-corrected chi connectivity index (χ0v) is 26.7. The molecule has 4 heterocycles. The molecule has 43 heavy (non-hydrogen) atoms. The summed E-state index contributed by atoms with van der Waals surface area (Å²) in [7, 11) is 8.38. The van der Waals surface area contributed by atoms with Crippen molar-refractivity contribution < 1.29 is 13.7 Å². The molecular formula is C32H39ClFN8O+. The molecule has 226 valence electrons. The minimum Gasteiger partial charge on any atom is -0.349 e. The number of likely N-dealkylation sites (N-methyl/N-ethyl adjacent to an activating group) is 1. The predicted octanol–water partition coefficient (Wildman–Crippen LogP) is 4.79. The number of rotatable bonds is 5. The Morgan fingerprint density at radius 2 is 1.81 bits per heavy atom. The largest absolute Gasteiger partial charge is 0.349 e. The van der Waals surface area contributed by atoms with Crippen LogP contribution in [0.25, 0.3) is 32.9 Å². The molecule has 2 aromatic carbocycles. The molecule has 11 heteroatoms. The third kappa shape index (κ3) is 4.80. The molecule has 9 nitrogen and oxygen atoms in total. The number of aryl methyl sites for hydroxylation is 2. The number of hydrogen-bond donors (Lipinski definition) is 0. The second-order valence-electron chi connectivity index (χ2n) is 13.0. The lowest BCUT2D eigenvalue weighted by molar-refractivity contribution is -0.896. The van der Waals surface area contributed by atoms with Gasteiger partial charge in [0.2, 0.25) is 11.9 Å². The minimum atomic E-state index is -0.478. The van der Waals surface area contributed by atoms with Crippen LogP contribution in [0.4, 0.5) is 16.2 Å². The number of aromatic nitrogens is 4. The van der Waals surface area contributed by atoms with E-state index in [2.05, 4.69) is 49.5 Å². The van der Waals surface area contributed by atoms with Crippen molar-refractivity contribution in [2.45, 2.75) is 38.9 Å². The van der Waals surface area contributed by atoms with Crippen LogP contribution in [0.1, 0.15) is 19.4 Å². The monoisotopic (exact) mass is 605 g/mol. The Hall–Kier alpha value is -3.76. The number of benzene rings is 2. The molecule has 0 spiro atoms. The Bertz CT molecular complexity index is 1770. The summed E-state index contributed by atoms with van der Waals surface area (Å²) >= 11 is 6.98. The van der Waals surface area contributed by atoms with Gasteiger partial charge in [-0.2, -0.15) is 10.1 Å². The molecule has 2 aliphatic heterocycles. The highest BCUT2D eigenvalue weighted by atomic mass is 35.5. The molecule has 0 unspecified atom stereocenters. The lowest BCUT2D eigenvalue weighted by Crippen LogP contribution is -2.64. The molecule has 0 radical (unpaired) electrons. The van der Waals surface area contributed by atoms with Gasteiger partial charge in [0.1, 0.15) is 17.4 Å². The third-order valence-corrected chi connectivity index (χ3v) is 9.47. The average Bonchev–Trinajstić information content (AvgIpc) is 3.29. The van der Waals surface area contributed by atoms with Crippen molar-refractivity contribution >= 4 is 51.1 Å². The summed E-state index contributed by atoms with van der Waals surface area (Å²) in [6.45, 7) is 12.3. The van der Waals surface area contributed by atoms with Crippen molar-refractivity contribution in [3.63, 3.8) is 0 Å². The van der Waals surface area contributed by atoms with Crippen LogP contribution in [0.5, 0.6) is 0 Å². The first-order chi connectivity index (χ1) is 20.3. The van der Waals surface area contributed by atoms with Crippen LogP contribution in [-0.4, -0.2) is 100 Å². The molecule has 0 bridgehead atoms. The summed E-state index contributed by atoms with van der Waals surface area (Å²) in [6.07, 6.45) is 3.13. The number of amides is 1. The summed E-state index contributed by atoms with van der Waals surface area (Å²) < 4.78 is 19.6. The first kappa shape index (κ1) is 29.3. The molecule has 2 saturated heterocycles. The van der Waals surface area contributed by atoms with Gasteiger partial charge in [-0.1, -0.05) is 30.3 Å². The van der Waals surface area contributed by atoms with Crippen molar-refractivity contribution in [3.05, 3.63) is 53.5 Å². The van der Waals surface area contributed by atoms with E-state index in [0.29, 0.717) is 47.4 Å². The van der Waals surface area contributed by atoms with E-state index in [1.54, 1.807) is 16.9 Å². The number of hydrogen-bond acceptors (Lipinski definition) is 6. The van der Waals surface area contributed by atoms with Crippen LogP contribution in [0.2, 0.25) is 5.02 Å². The van der Waals surface area contributed by atoms with E-state index < -0.39 is 5.82 Å². The molecule has 2 aliphatic rings. The maximum absolute atomic E-state index is 17.0. The second-order valence-corrected chi connectivity index (χ2v) is 13.4. The van der Waals surface area contributed by atoms with Crippen LogP contribution in [0.15, 0.2) is 37.1 Å². The van der Waals surface area contributed by atoms with E-state index in [1.165, 1.54) is 6.08 Å². The SMILES string of the molecule is C=CC(=O)N1C[C@H](C)N(c2nc(N3CC([N+](C)(C)C)C3)nc3c(F)c(-c4c(C)ccc5cnn(C)c45)c(Cl)cc23)C[C@H]1C. The second kappa shape index (κ2) is 10.4. The van der Waals surface area contributed by atoms with E-state index in [9.17, 15) is 4.79 Å². The Morgan fingerprint density at radius 3 is 2.49 bits per heavy atom. The lowest BCUT2D eigenvalue weighted by Gasteiger charge is -2.47. The number of quaternary nitrogens is 1. The lowest BCUT2D eigenvalue weighted by atomic mass is 9.95. The first-order valence-corrected chi connectivity index (χ1v) is 15.0. The standard InChI is InChI=1S/C32H39ClFN8O/c1-9-25(43)40-14-20(4)41(15-19(40)3)31-23-12-24(33)27(26-18(2)10-11-21-13-35-38(5)30(21)26)28(34)29(23)36-32(37-31)39-16-22(17-39)42(6,7)8/h9-13,19-20,22H,1,14-17H2,2-8H3/q+1/t19-,20+/m1/s1. The Morgan fingerprint density at radius 1 is 1.09 bits per heavy atom. The van der Waals surface area contributed by atoms with E-state index in [0.717, 1.165) is 34.0 Å². The van der Waals surface area contributed by atoms with Crippen molar-refractivity contribution in [1.82, 2.24) is 24.6 Å². The normalized spacial score (nSPS) is 19.8. The highest BCUT2D eigenvalue weighted by molar-refractivity contribution is 6.35. The summed E-state index contributed by atoms with van der Waals surface area (Å²) in [6, 6.07) is 6.01. The van der Waals surface area contributed by atoms with Gasteiger partial charge in [-0.3, -0.25) is 9.48 Å². The Kier molecular flexibility index (Phi) is 7.12. The highest BCUT2D eigenvalue weighted by Gasteiger charge is 2.40. The van der Waals surface area contributed by atoms with Gasteiger partial charge >= 0.3 is 0 Å². The van der Waals surface area contributed by atoms with E-state index in [-0.39, 0.29) is 28.5 Å². The van der Waals surface area contributed by atoms with Crippen molar-refractivity contribution in [3.8, 4) is 11.1 Å². The molecule has 2 atom stereocenters. The highest BCUT2D eigenvalue weighted by Crippen LogP contribution is 2.43. The van der Waals surface area contributed by atoms with Crippen LogP contribution >= 0.6 is 11.6 Å². The molecule has 4 aromatic rings. The fraction of sp³-hybridized carbons (Fsp3) is 0.438. The number of fused-ring (bicyclic) bond motifs is 2. The predicted molar refractivity (Wildman–Crippen MR) is 171 cm³/mol. The summed E-state index contributed by atoms with van der Waals surface area (Å²) in [5.74, 6) is 0.549. The molecule has 0 aliphatic carbocycles. The van der Waals surface area contributed by atoms with E-state index in [1.807, 2.05) is 37.9 Å². The number of piperazine rings is 1. The zero-order chi connectivity index (χ0) is 31.0. The van der Waals surface area contributed by atoms with Gasteiger partial charge in [0.05, 0.1) is 51.0 Å². The summed E-state index contributed by atoms with van der Waals surface area (Å²) in [5, 5.41) is 6.16. The zero-order valence-electron chi connectivity index (χ0n) is 25.9. The number of anilines is 2. The molecular weight excluding hydrogens is 567 g/mol. The molecule has 1 amide bonds. The average molecular weight is 606 g/mol.